The quantitative estimate of drug-likeness (QED) is 0.736. The third-order valence-electron chi connectivity index (χ3n) is 5.99. The molecule has 8 nitrogen and oxygen atoms in total. The van der Waals surface area contributed by atoms with E-state index in [0.29, 0.717) is 37.8 Å². The van der Waals surface area contributed by atoms with Gasteiger partial charge in [0.1, 0.15) is 0 Å². The first-order valence-corrected chi connectivity index (χ1v) is 11.4. The van der Waals surface area contributed by atoms with E-state index in [9.17, 15) is 9.59 Å². The Morgan fingerprint density at radius 2 is 2.03 bits per heavy atom. The molecule has 2 aromatic rings. The second kappa shape index (κ2) is 8.86. The number of anilines is 1. The molecular formula is C22H25N3O5S. The fourth-order valence-electron chi connectivity index (χ4n) is 4.31. The summed E-state index contributed by atoms with van der Waals surface area (Å²) in [6.07, 6.45) is 0.210. The lowest BCUT2D eigenvalue weighted by atomic mass is 10.1. The Morgan fingerprint density at radius 1 is 1.19 bits per heavy atom. The van der Waals surface area contributed by atoms with Crippen LogP contribution in [0.3, 0.4) is 0 Å². The van der Waals surface area contributed by atoms with E-state index in [1.807, 2.05) is 12.1 Å². The molecule has 0 bridgehead atoms. The number of benzene rings is 1. The molecule has 3 aliphatic heterocycles. The van der Waals surface area contributed by atoms with Gasteiger partial charge in [-0.05, 0) is 23.6 Å². The zero-order valence-electron chi connectivity index (χ0n) is 17.1. The molecule has 0 aliphatic carbocycles. The van der Waals surface area contributed by atoms with Crippen molar-refractivity contribution in [2.24, 2.45) is 5.92 Å². The van der Waals surface area contributed by atoms with Crippen LogP contribution in [-0.2, 0) is 14.3 Å². The monoisotopic (exact) mass is 443 g/mol. The Hall–Kier alpha value is -2.62. The maximum atomic E-state index is 12.9. The van der Waals surface area contributed by atoms with Crippen LogP contribution < -0.4 is 19.7 Å². The first-order chi connectivity index (χ1) is 15.2. The number of thiophene rings is 1. The smallest absolute Gasteiger partial charge is 0.231 e. The molecule has 1 N–H and O–H groups in total. The highest BCUT2D eigenvalue weighted by molar-refractivity contribution is 7.10. The molecule has 5 rings (SSSR count). The van der Waals surface area contributed by atoms with Gasteiger partial charge in [-0.2, -0.15) is 0 Å². The van der Waals surface area contributed by atoms with E-state index in [2.05, 4.69) is 21.7 Å². The second-order valence-corrected chi connectivity index (χ2v) is 8.85. The van der Waals surface area contributed by atoms with E-state index < -0.39 is 0 Å². The minimum Gasteiger partial charge on any atom is -0.454 e. The second-order valence-electron chi connectivity index (χ2n) is 7.87. The highest BCUT2D eigenvalue weighted by atomic mass is 32.1. The van der Waals surface area contributed by atoms with Gasteiger partial charge in [0.25, 0.3) is 0 Å². The van der Waals surface area contributed by atoms with Gasteiger partial charge in [0.2, 0.25) is 18.6 Å². The van der Waals surface area contributed by atoms with Crippen molar-refractivity contribution in [2.75, 3.05) is 51.1 Å². The number of hydrogen-bond donors (Lipinski definition) is 1. The van der Waals surface area contributed by atoms with Crippen LogP contribution in [0, 0.1) is 5.92 Å². The molecule has 0 spiro atoms. The highest BCUT2D eigenvalue weighted by Crippen LogP contribution is 2.37. The van der Waals surface area contributed by atoms with E-state index in [1.54, 1.807) is 28.4 Å². The number of morpholine rings is 1. The Balaban J connectivity index is 1.22. The van der Waals surface area contributed by atoms with Gasteiger partial charge >= 0.3 is 0 Å². The van der Waals surface area contributed by atoms with E-state index in [0.717, 1.165) is 18.8 Å². The Morgan fingerprint density at radius 3 is 2.84 bits per heavy atom. The number of ether oxygens (including phenoxy) is 3. The van der Waals surface area contributed by atoms with Crippen LogP contribution in [0.1, 0.15) is 17.3 Å². The molecular weight excluding hydrogens is 418 g/mol. The van der Waals surface area contributed by atoms with Crippen molar-refractivity contribution in [1.82, 2.24) is 10.2 Å². The lowest BCUT2D eigenvalue weighted by Gasteiger charge is -2.34. The number of carbonyl (C=O) groups is 2. The molecule has 9 heteroatoms. The molecule has 1 aromatic carbocycles. The molecule has 31 heavy (non-hydrogen) atoms. The van der Waals surface area contributed by atoms with Crippen molar-refractivity contribution < 1.29 is 23.8 Å². The van der Waals surface area contributed by atoms with Crippen LogP contribution in [0.5, 0.6) is 11.5 Å². The van der Waals surface area contributed by atoms with Gasteiger partial charge in [-0.25, -0.2) is 0 Å². The standard InChI is InChI=1S/C22H25N3O5S/c26-21-10-15(13-25(21)16-3-4-18-19(11-16)30-14-29-18)22(27)23-12-17(20-2-1-9-31-20)24-5-7-28-8-6-24/h1-4,9,11,15,17H,5-8,10,12-14H2,(H,23,27). The third-order valence-corrected chi connectivity index (χ3v) is 6.96. The first kappa shape index (κ1) is 20.3. The summed E-state index contributed by atoms with van der Waals surface area (Å²) in [5, 5.41) is 5.17. The maximum absolute atomic E-state index is 12.9. The van der Waals surface area contributed by atoms with E-state index in [1.165, 1.54) is 4.88 Å². The highest BCUT2D eigenvalue weighted by Gasteiger charge is 2.36. The van der Waals surface area contributed by atoms with Crippen molar-refractivity contribution in [1.29, 1.82) is 0 Å². The topological polar surface area (TPSA) is 80.3 Å². The molecule has 1 aromatic heterocycles. The predicted molar refractivity (Wildman–Crippen MR) is 115 cm³/mol. The van der Waals surface area contributed by atoms with Gasteiger partial charge in [0.05, 0.1) is 25.2 Å². The van der Waals surface area contributed by atoms with Crippen LogP contribution in [0.15, 0.2) is 35.7 Å². The van der Waals surface area contributed by atoms with Crippen molar-refractivity contribution in [3.05, 3.63) is 40.6 Å². The van der Waals surface area contributed by atoms with Crippen LogP contribution in [0.25, 0.3) is 0 Å². The minimum atomic E-state index is -0.369. The minimum absolute atomic E-state index is 0.0537. The summed E-state index contributed by atoms with van der Waals surface area (Å²) in [6, 6.07) is 9.69. The number of hydrogen-bond acceptors (Lipinski definition) is 7. The summed E-state index contributed by atoms with van der Waals surface area (Å²) in [5.41, 5.74) is 0.731. The predicted octanol–water partition coefficient (Wildman–Crippen LogP) is 2.02. The zero-order valence-corrected chi connectivity index (χ0v) is 17.9. The number of nitrogens with one attached hydrogen (secondary N) is 1. The molecule has 0 saturated carbocycles. The SMILES string of the molecule is O=C(NCC(c1cccs1)N1CCOCC1)C1CC(=O)N(c2ccc3c(c2)OCO3)C1. The summed E-state index contributed by atoms with van der Waals surface area (Å²) < 4.78 is 16.2. The fourth-order valence-corrected chi connectivity index (χ4v) is 5.17. The Bertz CT molecular complexity index is 945. The molecule has 2 atom stereocenters. The number of carbonyl (C=O) groups excluding carboxylic acids is 2. The van der Waals surface area contributed by atoms with E-state index in [4.69, 9.17) is 14.2 Å². The number of rotatable bonds is 6. The van der Waals surface area contributed by atoms with Gasteiger partial charge in [-0.1, -0.05) is 6.07 Å². The molecule has 3 aliphatic rings. The van der Waals surface area contributed by atoms with Crippen LogP contribution in [0.2, 0.25) is 0 Å². The van der Waals surface area contributed by atoms with Crippen molar-refractivity contribution in [3.63, 3.8) is 0 Å². The zero-order chi connectivity index (χ0) is 21.2. The van der Waals surface area contributed by atoms with Gasteiger partial charge in [0, 0.05) is 49.2 Å². The van der Waals surface area contributed by atoms with Crippen LogP contribution >= 0.6 is 11.3 Å². The largest absolute Gasteiger partial charge is 0.454 e. The summed E-state index contributed by atoms with van der Waals surface area (Å²) in [6.45, 7) is 4.18. The van der Waals surface area contributed by atoms with Crippen molar-refractivity contribution in [2.45, 2.75) is 12.5 Å². The fraction of sp³-hybridized carbons (Fsp3) is 0.455. The lowest BCUT2D eigenvalue weighted by Crippen LogP contribution is -2.44. The summed E-state index contributed by atoms with van der Waals surface area (Å²) >= 11 is 1.70. The number of nitrogens with zero attached hydrogens (tertiary/aromatic N) is 2. The normalized spacial score (nSPS) is 22.0. The van der Waals surface area contributed by atoms with Gasteiger partial charge in [-0.3, -0.25) is 14.5 Å². The van der Waals surface area contributed by atoms with Gasteiger partial charge < -0.3 is 24.4 Å². The van der Waals surface area contributed by atoms with E-state index in [-0.39, 0.29) is 37.0 Å². The molecule has 2 fully saturated rings. The molecule has 2 amide bonds. The average Bonchev–Trinajstić information content (AvgIpc) is 3.55. The molecule has 164 valence electrons. The van der Waals surface area contributed by atoms with Crippen LogP contribution in [-0.4, -0.2) is 62.9 Å². The molecule has 2 saturated heterocycles. The van der Waals surface area contributed by atoms with Crippen molar-refractivity contribution >= 4 is 28.8 Å². The first-order valence-electron chi connectivity index (χ1n) is 10.5. The number of fused-ring (bicyclic) bond motifs is 1. The van der Waals surface area contributed by atoms with Gasteiger partial charge in [0.15, 0.2) is 11.5 Å². The maximum Gasteiger partial charge on any atom is 0.231 e. The molecule has 0 radical (unpaired) electrons. The summed E-state index contributed by atoms with van der Waals surface area (Å²) in [5.74, 6) is 0.801. The Labute approximate surface area is 184 Å². The van der Waals surface area contributed by atoms with Gasteiger partial charge in [-0.15, -0.1) is 11.3 Å². The third kappa shape index (κ3) is 4.26. The average molecular weight is 444 g/mol. The molecule has 4 heterocycles. The Kier molecular flexibility index (Phi) is 5.80. The van der Waals surface area contributed by atoms with Crippen molar-refractivity contribution in [3.8, 4) is 11.5 Å². The molecule has 2 unspecified atom stereocenters. The number of amides is 2. The summed E-state index contributed by atoms with van der Waals surface area (Å²) in [4.78, 5) is 30.8. The van der Waals surface area contributed by atoms with E-state index >= 15 is 0 Å². The lowest BCUT2D eigenvalue weighted by molar-refractivity contribution is -0.126. The van der Waals surface area contributed by atoms with Crippen LogP contribution in [0.4, 0.5) is 5.69 Å². The summed E-state index contributed by atoms with van der Waals surface area (Å²) in [7, 11) is 0.